The molecule has 0 amide bonds. The van der Waals surface area contributed by atoms with E-state index in [1.54, 1.807) is 0 Å². The summed E-state index contributed by atoms with van der Waals surface area (Å²) in [7, 11) is 0. The Morgan fingerprint density at radius 3 is 2.90 bits per heavy atom. The van der Waals surface area contributed by atoms with Crippen molar-refractivity contribution < 1.29 is 0 Å². The molecule has 1 saturated carbocycles. The number of nitrogens with two attached hydrogens (primary N) is 1. The molecule has 0 radical (unpaired) electrons. The van der Waals surface area contributed by atoms with Gasteiger partial charge in [-0.3, -0.25) is 0 Å². The predicted molar refractivity (Wildman–Crippen MR) is 39.4 cm³/mol. The van der Waals surface area contributed by atoms with Gasteiger partial charge in [0, 0.05) is 17.5 Å². The van der Waals surface area contributed by atoms with E-state index in [1.807, 2.05) is 12.1 Å². The van der Waals surface area contributed by atoms with Gasteiger partial charge < -0.3 is 5.73 Å². The first kappa shape index (κ1) is 5.76. The maximum Gasteiger partial charge on any atom is 0.0121 e. The monoisotopic (exact) mass is 131 g/mol. The summed E-state index contributed by atoms with van der Waals surface area (Å²) in [5, 5.41) is 0. The minimum Gasteiger partial charge on any atom is -0.327 e. The molecule has 50 valence electrons. The average molecular weight is 131 g/mol. The van der Waals surface area contributed by atoms with Gasteiger partial charge >= 0.3 is 0 Å². The Morgan fingerprint density at radius 2 is 2.40 bits per heavy atom. The van der Waals surface area contributed by atoms with Crippen molar-refractivity contribution in [1.82, 2.24) is 0 Å². The summed E-state index contributed by atoms with van der Waals surface area (Å²) in [6.45, 7) is 0. The lowest BCUT2D eigenvalue weighted by Gasteiger charge is -1.89. The fourth-order valence-electron chi connectivity index (χ4n) is 1.16. The Morgan fingerprint density at radius 1 is 1.60 bits per heavy atom. The normalized spacial score (nSPS) is 29.3. The molecule has 1 aromatic rings. The van der Waals surface area contributed by atoms with Crippen LogP contribution in [0.5, 0.6) is 0 Å². The molecular weight excluding hydrogens is 122 g/mol. The summed E-state index contributed by atoms with van der Waals surface area (Å²) in [6.07, 6.45) is 1.12. The summed E-state index contributed by atoms with van der Waals surface area (Å²) in [5.41, 5.74) is 6.88. The van der Waals surface area contributed by atoms with E-state index in [0.29, 0.717) is 12.0 Å². The SMILES string of the molecule is N[C@@H]1C[C@H]1c1c#cccc1. The lowest BCUT2D eigenvalue weighted by Crippen LogP contribution is -2.00. The van der Waals surface area contributed by atoms with Gasteiger partial charge in [-0.1, -0.05) is 18.2 Å². The van der Waals surface area contributed by atoms with Gasteiger partial charge in [-0.05, 0) is 18.6 Å². The van der Waals surface area contributed by atoms with Gasteiger partial charge in [-0.2, -0.15) is 0 Å². The molecule has 0 bridgehead atoms. The van der Waals surface area contributed by atoms with Crippen molar-refractivity contribution in [3.63, 3.8) is 0 Å². The Bertz CT molecular complexity index is 217. The Kier molecular flexibility index (Phi) is 1.15. The van der Waals surface area contributed by atoms with Crippen LogP contribution in [0.1, 0.15) is 17.9 Å². The minimum atomic E-state index is 0.382. The zero-order chi connectivity index (χ0) is 6.97. The van der Waals surface area contributed by atoms with E-state index in [2.05, 4.69) is 18.2 Å². The molecule has 10 heavy (non-hydrogen) atoms. The standard InChI is InChI=1S/C9H9N/c10-9-6-8(9)7-4-2-1-3-5-7/h1-2,4,8-9H,6,10H2/t8-,9+/m0/s1. The topological polar surface area (TPSA) is 26.0 Å². The van der Waals surface area contributed by atoms with Gasteiger partial charge in [0.15, 0.2) is 0 Å². The highest BCUT2D eigenvalue weighted by Crippen LogP contribution is 2.37. The maximum absolute atomic E-state index is 5.66. The van der Waals surface area contributed by atoms with Gasteiger partial charge in [0.1, 0.15) is 0 Å². The van der Waals surface area contributed by atoms with Crippen LogP contribution in [0.25, 0.3) is 0 Å². The molecule has 2 atom stereocenters. The van der Waals surface area contributed by atoms with Crippen molar-refractivity contribution in [3.05, 3.63) is 35.9 Å². The Labute approximate surface area is 60.9 Å². The van der Waals surface area contributed by atoms with E-state index in [-0.39, 0.29) is 0 Å². The van der Waals surface area contributed by atoms with Crippen LogP contribution in [-0.4, -0.2) is 6.04 Å². The van der Waals surface area contributed by atoms with Gasteiger partial charge in [0.05, 0.1) is 0 Å². The largest absolute Gasteiger partial charge is 0.327 e. The highest BCUT2D eigenvalue weighted by atomic mass is 14.7. The Hall–Kier alpha value is -1.00. The fraction of sp³-hybridized carbons (Fsp3) is 0.333. The molecule has 2 N–H and O–H groups in total. The molecule has 1 aromatic carbocycles. The minimum absolute atomic E-state index is 0.382. The molecule has 1 nitrogen and oxygen atoms in total. The first-order chi connectivity index (χ1) is 4.88. The quantitative estimate of drug-likeness (QED) is 0.607. The predicted octanol–water partition coefficient (Wildman–Crippen LogP) is 1.10. The zero-order valence-electron chi connectivity index (χ0n) is 5.67. The molecule has 1 aliphatic rings. The van der Waals surface area contributed by atoms with Gasteiger partial charge in [0.25, 0.3) is 0 Å². The van der Waals surface area contributed by atoms with Crippen molar-refractivity contribution in [1.29, 1.82) is 0 Å². The highest BCUT2D eigenvalue weighted by molar-refractivity contribution is 5.23. The second kappa shape index (κ2) is 2.00. The molecule has 0 aliphatic heterocycles. The first-order valence-electron chi connectivity index (χ1n) is 3.52. The van der Waals surface area contributed by atoms with Crippen LogP contribution >= 0.6 is 0 Å². The third-order valence-electron chi connectivity index (χ3n) is 1.91. The number of hydrogen-bond donors (Lipinski definition) is 1. The molecule has 1 aliphatic carbocycles. The molecule has 0 unspecified atom stereocenters. The summed E-state index contributed by atoms with van der Waals surface area (Å²) >= 11 is 0. The van der Waals surface area contributed by atoms with Crippen LogP contribution in [0.4, 0.5) is 0 Å². The Balaban J connectivity index is 2.20. The summed E-state index contributed by atoms with van der Waals surface area (Å²) in [6, 6.07) is 12.3. The molecule has 1 heteroatoms. The lowest BCUT2D eigenvalue weighted by molar-refractivity contribution is 0.991. The third-order valence-corrected chi connectivity index (χ3v) is 1.91. The summed E-state index contributed by atoms with van der Waals surface area (Å²) in [5.74, 6) is 0.567. The summed E-state index contributed by atoms with van der Waals surface area (Å²) in [4.78, 5) is 0. The molecule has 0 aromatic heterocycles. The van der Waals surface area contributed by atoms with E-state index in [1.165, 1.54) is 5.56 Å². The second-order valence-corrected chi connectivity index (χ2v) is 2.76. The van der Waals surface area contributed by atoms with Crippen LogP contribution in [0.2, 0.25) is 0 Å². The lowest BCUT2D eigenvalue weighted by atomic mass is 10.2. The molecule has 0 saturated heterocycles. The van der Waals surface area contributed by atoms with Crippen LogP contribution < -0.4 is 5.73 Å². The van der Waals surface area contributed by atoms with Crippen molar-refractivity contribution in [3.8, 4) is 0 Å². The van der Waals surface area contributed by atoms with Gasteiger partial charge in [-0.25, -0.2) is 0 Å². The molecular formula is C9H9N. The fourth-order valence-corrected chi connectivity index (χ4v) is 1.16. The van der Waals surface area contributed by atoms with Crippen molar-refractivity contribution in [2.45, 2.75) is 18.4 Å². The second-order valence-electron chi connectivity index (χ2n) is 2.76. The van der Waals surface area contributed by atoms with Crippen LogP contribution in [-0.2, 0) is 0 Å². The smallest absolute Gasteiger partial charge is 0.0121 e. The molecule has 2 rings (SSSR count). The van der Waals surface area contributed by atoms with E-state index >= 15 is 0 Å². The van der Waals surface area contributed by atoms with Crippen LogP contribution in [0.15, 0.2) is 18.2 Å². The van der Waals surface area contributed by atoms with E-state index in [9.17, 15) is 0 Å². The van der Waals surface area contributed by atoms with E-state index < -0.39 is 0 Å². The van der Waals surface area contributed by atoms with Crippen molar-refractivity contribution >= 4 is 0 Å². The van der Waals surface area contributed by atoms with Gasteiger partial charge in [0.2, 0.25) is 0 Å². The molecule has 0 heterocycles. The van der Waals surface area contributed by atoms with E-state index in [0.717, 1.165) is 6.42 Å². The molecule has 1 fully saturated rings. The van der Waals surface area contributed by atoms with Gasteiger partial charge in [-0.15, -0.1) is 0 Å². The summed E-state index contributed by atoms with van der Waals surface area (Å²) < 4.78 is 0. The zero-order valence-corrected chi connectivity index (χ0v) is 5.67. The highest BCUT2D eigenvalue weighted by Gasteiger charge is 2.34. The van der Waals surface area contributed by atoms with Crippen molar-refractivity contribution in [2.24, 2.45) is 5.73 Å². The third kappa shape index (κ3) is 0.872. The first-order valence-corrected chi connectivity index (χ1v) is 3.52. The van der Waals surface area contributed by atoms with Crippen LogP contribution in [0.3, 0.4) is 0 Å². The number of hydrogen-bond acceptors (Lipinski definition) is 1. The van der Waals surface area contributed by atoms with E-state index in [4.69, 9.17) is 5.73 Å². The maximum atomic E-state index is 5.66. The van der Waals surface area contributed by atoms with Crippen LogP contribution in [0, 0.1) is 12.1 Å². The number of rotatable bonds is 1. The van der Waals surface area contributed by atoms with Crippen molar-refractivity contribution in [2.75, 3.05) is 0 Å². The molecule has 0 spiro atoms. The average Bonchev–Trinajstić information content (AvgIpc) is 2.69.